The number of nitrogens with zero attached hydrogens (tertiary/aromatic N) is 1. The zero-order chi connectivity index (χ0) is 15.5. The average Bonchev–Trinajstić information content (AvgIpc) is 2.44. The quantitative estimate of drug-likeness (QED) is 0.692. The van der Waals surface area contributed by atoms with Crippen LogP contribution in [0.5, 0.6) is 0 Å². The highest BCUT2D eigenvalue weighted by atomic mass is 32.2. The molecule has 2 aromatic rings. The minimum Gasteiger partial charge on any atom is -0.301 e. The Bertz CT molecular complexity index is 682. The van der Waals surface area contributed by atoms with Crippen molar-refractivity contribution in [3.63, 3.8) is 0 Å². The maximum atomic E-state index is 12.6. The highest BCUT2D eigenvalue weighted by Crippen LogP contribution is 2.30. The SMILES string of the molecule is CCc1cc(=O)[nH]c(SCc2cccc(C(F)(F)F)c2)n1. The normalized spacial score (nSPS) is 11.6. The standard InChI is InChI=1S/C14H13F3N2OS/c1-2-11-7-12(20)19-13(18-11)21-8-9-4-3-5-10(6-9)14(15,16)17/h3-7H,2,8H2,1H3,(H,18,19,20). The predicted octanol–water partition coefficient (Wildman–Crippen LogP) is 3.64. The molecule has 0 bridgehead atoms. The third kappa shape index (κ3) is 4.35. The van der Waals surface area contributed by atoms with Gasteiger partial charge in [-0.3, -0.25) is 4.79 Å². The summed E-state index contributed by atoms with van der Waals surface area (Å²) in [5.41, 5.74) is 0.252. The van der Waals surface area contributed by atoms with Gasteiger partial charge in [-0.25, -0.2) is 4.98 Å². The first-order valence-electron chi connectivity index (χ1n) is 6.27. The number of aromatic nitrogens is 2. The van der Waals surface area contributed by atoms with Gasteiger partial charge in [0.1, 0.15) is 0 Å². The minimum absolute atomic E-state index is 0.256. The molecule has 1 aromatic heterocycles. The first-order valence-corrected chi connectivity index (χ1v) is 7.26. The van der Waals surface area contributed by atoms with Gasteiger partial charge >= 0.3 is 6.18 Å². The largest absolute Gasteiger partial charge is 0.416 e. The summed E-state index contributed by atoms with van der Waals surface area (Å²) < 4.78 is 37.8. The van der Waals surface area contributed by atoms with Gasteiger partial charge < -0.3 is 4.98 Å². The molecule has 0 amide bonds. The number of benzene rings is 1. The Hall–Kier alpha value is -1.76. The number of alkyl halides is 3. The van der Waals surface area contributed by atoms with Crippen molar-refractivity contribution in [1.29, 1.82) is 0 Å². The van der Waals surface area contributed by atoms with Crippen molar-refractivity contribution in [2.45, 2.75) is 30.4 Å². The van der Waals surface area contributed by atoms with Crippen molar-refractivity contribution in [3.05, 3.63) is 57.5 Å². The summed E-state index contributed by atoms with van der Waals surface area (Å²) in [6.07, 6.45) is -3.73. The van der Waals surface area contributed by atoms with Gasteiger partial charge in [-0.15, -0.1) is 0 Å². The fourth-order valence-electron chi connectivity index (χ4n) is 1.72. The lowest BCUT2D eigenvalue weighted by atomic mass is 10.1. The topological polar surface area (TPSA) is 45.8 Å². The van der Waals surface area contributed by atoms with Gasteiger partial charge in [0, 0.05) is 17.5 Å². The number of hydrogen-bond acceptors (Lipinski definition) is 3. The highest BCUT2D eigenvalue weighted by molar-refractivity contribution is 7.98. The molecule has 21 heavy (non-hydrogen) atoms. The van der Waals surface area contributed by atoms with E-state index in [0.717, 1.165) is 12.1 Å². The number of rotatable bonds is 4. The second-order valence-corrected chi connectivity index (χ2v) is 5.35. The van der Waals surface area contributed by atoms with Crippen LogP contribution in [-0.4, -0.2) is 9.97 Å². The summed E-state index contributed by atoms with van der Waals surface area (Å²) in [6.45, 7) is 1.88. The first-order chi connectivity index (χ1) is 9.88. The summed E-state index contributed by atoms with van der Waals surface area (Å²) in [6, 6.07) is 6.54. The van der Waals surface area contributed by atoms with Gasteiger partial charge in [0.15, 0.2) is 5.16 Å². The lowest BCUT2D eigenvalue weighted by Gasteiger charge is -2.08. The molecule has 0 aliphatic heterocycles. The molecule has 0 aliphatic carbocycles. The van der Waals surface area contributed by atoms with Crippen LogP contribution < -0.4 is 5.56 Å². The molecule has 0 saturated carbocycles. The molecule has 3 nitrogen and oxygen atoms in total. The number of halogens is 3. The Morgan fingerprint density at radius 1 is 1.29 bits per heavy atom. The number of nitrogens with one attached hydrogen (secondary N) is 1. The molecule has 112 valence electrons. The summed E-state index contributed by atoms with van der Waals surface area (Å²) in [7, 11) is 0. The van der Waals surface area contributed by atoms with Crippen LogP contribution in [0, 0.1) is 0 Å². The first kappa shape index (κ1) is 15.6. The van der Waals surface area contributed by atoms with E-state index in [1.807, 2.05) is 6.92 Å². The Balaban J connectivity index is 2.13. The molecular weight excluding hydrogens is 301 g/mol. The van der Waals surface area contributed by atoms with E-state index in [9.17, 15) is 18.0 Å². The van der Waals surface area contributed by atoms with E-state index in [0.29, 0.717) is 28.6 Å². The van der Waals surface area contributed by atoms with Crippen molar-refractivity contribution in [2.75, 3.05) is 0 Å². The molecule has 7 heteroatoms. The minimum atomic E-state index is -4.35. The molecular formula is C14H13F3N2OS. The molecule has 1 N–H and O–H groups in total. The Labute approximate surface area is 123 Å². The molecule has 0 saturated heterocycles. The lowest BCUT2D eigenvalue weighted by Crippen LogP contribution is -2.09. The zero-order valence-corrected chi connectivity index (χ0v) is 12.0. The predicted molar refractivity (Wildman–Crippen MR) is 75.2 cm³/mol. The number of hydrogen-bond donors (Lipinski definition) is 1. The van der Waals surface area contributed by atoms with E-state index in [1.54, 1.807) is 6.07 Å². The third-order valence-corrected chi connectivity index (χ3v) is 3.71. The molecule has 0 fully saturated rings. The van der Waals surface area contributed by atoms with Gasteiger partial charge in [0.2, 0.25) is 0 Å². The van der Waals surface area contributed by atoms with Crippen LogP contribution in [0.3, 0.4) is 0 Å². The second-order valence-electron chi connectivity index (χ2n) is 4.38. The van der Waals surface area contributed by atoms with E-state index in [1.165, 1.54) is 23.9 Å². The van der Waals surface area contributed by atoms with Crippen molar-refractivity contribution in [1.82, 2.24) is 9.97 Å². The van der Waals surface area contributed by atoms with E-state index in [2.05, 4.69) is 9.97 Å². The number of aromatic amines is 1. The van der Waals surface area contributed by atoms with E-state index in [4.69, 9.17) is 0 Å². The van der Waals surface area contributed by atoms with Crippen LogP contribution in [0.15, 0.2) is 40.3 Å². The van der Waals surface area contributed by atoms with Gasteiger partial charge in [0.25, 0.3) is 5.56 Å². The van der Waals surface area contributed by atoms with Gasteiger partial charge in [0.05, 0.1) is 5.56 Å². The van der Waals surface area contributed by atoms with Crippen molar-refractivity contribution >= 4 is 11.8 Å². The second kappa shape index (κ2) is 6.34. The van der Waals surface area contributed by atoms with Crippen LogP contribution in [0.2, 0.25) is 0 Å². The summed E-state index contributed by atoms with van der Waals surface area (Å²) >= 11 is 1.20. The molecule has 0 unspecified atom stereocenters. The smallest absolute Gasteiger partial charge is 0.301 e. The monoisotopic (exact) mass is 314 g/mol. The maximum absolute atomic E-state index is 12.6. The van der Waals surface area contributed by atoms with Crippen molar-refractivity contribution < 1.29 is 13.2 Å². The summed E-state index contributed by atoms with van der Waals surface area (Å²) in [4.78, 5) is 18.2. The fraction of sp³-hybridized carbons (Fsp3) is 0.286. The molecule has 1 aromatic carbocycles. The van der Waals surface area contributed by atoms with E-state index < -0.39 is 11.7 Å². The molecule has 0 radical (unpaired) electrons. The lowest BCUT2D eigenvalue weighted by molar-refractivity contribution is -0.137. The number of thioether (sulfide) groups is 1. The summed E-state index contributed by atoms with van der Waals surface area (Å²) in [5, 5.41) is 0.414. The van der Waals surface area contributed by atoms with Crippen LogP contribution in [-0.2, 0) is 18.3 Å². The molecule has 1 heterocycles. The average molecular weight is 314 g/mol. The van der Waals surface area contributed by atoms with Crippen LogP contribution in [0.4, 0.5) is 13.2 Å². The molecule has 2 rings (SSSR count). The number of aryl methyl sites for hydroxylation is 1. The zero-order valence-electron chi connectivity index (χ0n) is 11.2. The van der Waals surface area contributed by atoms with Crippen LogP contribution in [0.1, 0.15) is 23.7 Å². The Morgan fingerprint density at radius 2 is 2.05 bits per heavy atom. The molecule has 0 atom stereocenters. The third-order valence-electron chi connectivity index (χ3n) is 2.77. The maximum Gasteiger partial charge on any atom is 0.416 e. The van der Waals surface area contributed by atoms with E-state index >= 15 is 0 Å². The van der Waals surface area contributed by atoms with Crippen molar-refractivity contribution in [2.24, 2.45) is 0 Å². The van der Waals surface area contributed by atoms with E-state index in [-0.39, 0.29) is 5.56 Å². The summed E-state index contributed by atoms with van der Waals surface area (Å²) in [5.74, 6) is 0.306. The van der Waals surface area contributed by atoms with Gasteiger partial charge in [-0.05, 0) is 18.1 Å². The molecule has 0 spiro atoms. The van der Waals surface area contributed by atoms with Crippen LogP contribution in [0.25, 0.3) is 0 Å². The Kier molecular flexibility index (Phi) is 4.72. The fourth-order valence-corrected chi connectivity index (χ4v) is 2.56. The van der Waals surface area contributed by atoms with Gasteiger partial charge in [-0.1, -0.05) is 36.9 Å². The van der Waals surface area contributed by atoms with Gasteiger partial charge in [-0.2, -0.15) is 13.2 Å². The van der Waals surface area contributed by atoms with Crippen LogP contribution >= 0.6 is 11.8 Å². The highest BCUT2D eigenvalue weighted by Gasteiger charge is 2.30. The van der Waals surface area contributed by atoms with Crippen molar-refractivity contribution in [3.8, 4) is 0 Å². The molecule has 0 aliphatic rings. The number of H-pyrrole nitrogens is 1. The Morgan fingerprint density at radius 3 is 2.71 bits per heavy atom.